The van der Waals surface area contributed by atoms with Crippen LogP contribution in [-0.2, 0) is 14.1 Å². The second-order valence-corrected chi connectivity index (χ2v) is 7.05. The quantitative estimate of drug-likeness (QED) is 0.647. The van der Waals surface area contributed by atoms with E-state index >= 15 is 0 Å². The van der Waals surface area contributed by atoms with Gasteiger partial charge in [-0.3, -0.25) is 4.79 Å². The number of nitrogens with one attached hydrogen (secondary N) is 1. The third-order valence-corrected chi connectivity index (χ3v) is 4.11. The normalized spacial score (nSPS) is 15.6. The molecular formula is C10H12BrClNO4P. The molecule has 0 saturated heterocycles. The van der Waals surface area contributed by atoms with Crippen LogP contribution in [0.3, 0.4) is 0 Å². The van der Waals surface area contributed by atoms with Gasteiger partial charge in [-0.2, -0.15) is 0 Å². The highest BCUT2D eigenvalue weighted by molar-refractivity contribution is 9.10. The molecule has 0 aliphatic carbocycles. The van der Waals surface area contributed by atoms with E-state index in [2.05, 4.69) is 25.8 Å². The van der Waals surface area contributed by atoms with E-state index in [9.17, 15) is 9.36 Å². The number of esters is 1. The standard InChI is InChI=1S/C10H12BrClNO4P/c1-7(10(14)16-2)13-18(12,15)17-9-5-3-8(11)4-6-9/h3-7H,1-2H3,(H,13,15). The Balaban J connectivity index is 2.67. The Hall–Kier alpha value is -0.550. The maximum absolute atomic E-state index is 11.9. The number of carbonyl (C=O) groups is 1. The fraction of sp³-hybridized carbons (Fsp3) is 0.300. The van der Waals surface area contributed by atoms with Crippen LogP contribution in [0.4, 0.5) is 0 Å². The molecule has 0 aliphatic rings. The fourth-order valence-electron chi connectivity index (χ4n) is 1.12. The van der Waals surface area contributed by atoms with Gasteiger partial charge in [0, 0.05) is 15.7 Å². The lowest BCUT2D eigenvalue weighted by atomic mass is 10.3. The summed E-state index contributed by atoms with van der Waals surface area (Å²) in [4.78, 5) is 11.2. The molecule has 0 spiro atoms. The van der Waals surface area contributed by atoms with Crippen molar-refractivity contribution >= 4 is 40.0 Å². The third-order valence-electron chi connectivity index (χ3n) is 1.94. The van der Waals surface area contributed by atoms with Crippen molar-refractivity contribution in [2.75, 3.05) is 7.11 Å². The van der Waals surface area contributed by atoms with Gasteiger partial charge in [-0.1, -0.05) is 15.9 Å². The number of carbonyl (C=O) groups excluding carboxylic acids is 1. The van der Waals surface area contributed by atoms with Crippen molar-refractivity contribution in [1.82, 2.24) is 5.09 Å². The minimum Gasteiger partial charge on any atom is -0.468 e. The van der Waals surface area contributed by atoms with Crippen LogP contribution < -0.4 is 9.61 Å². The van der Waals surface area contributed by atoms with Gasteiger partial charge in [0.15, 0.2) is 0 Å². The van der Waals surface area contributed by atoms with Crippen molar-refractivity contribution in [2.45, 2.75) is 13.0 Å². The Bertz CT molecular complexity index is 467. The molecule has 0 fully saturated rings. The molecule has 0 saturated carbocycles. The van der Waals surface area contributed by atoms with Crippen molar-refractivity contribution in [1.29, 1.82) is 0 Å². The summed E-state index contributed by atoms with van der Waals surface area (Å²) < 4.78 is 22.4. The summed E-state index contributed by atoms with van der Waals surface area (Å²) in [5.41, 5.74) is 0. The van der Waals surface area contributed by atoms with Gasteiger partial charge in [-0.25, -0.2) is 9.65 Å². The molecule has 2 atom stereocenters. The maximum Gasteiger partial charge on any atom is 0.409 e. The Morgan fingerprint density at radius 1 is 1.44 bits per heavy atom. The van der Waals surface area contributed by atoms with E-state index in [1.165, 1.54) is 14.0 Å². The number of rotatable bonds is 5. The second-order valence-electron chi connectivity index (χ2n) is 3.40. The van der Waals surface area contributed by atoms with E-state index in [0.717, 1.165) is 4.47 Å². The highest BCUT2D eigenvalue weighted by atomic mass is 79.9. The Kier molecular flexibility index (Phi) is 5.66. The van der Waals surface area contributed by atoms with Gasteiger partial charge in [0.05, 0.1) is 7.11 Å². The Morgan fingerprint density at radius 3 is 2.50 bits per heavy atom. The van der Waals surface area contributed by atoms with Crippen LogP contribution in [0.15, 0.2) is 28.7 Å². The van der Waals surface area contributed by atoms with Gasteiger partial charge in [0.25, 0.3) is 0 Å². The van der Waals surface area contributed by atoms with Crippen LogP contribution in [0, 0.1) is 0 Å². The van der Waals surface area contributed by atoms with Crippen molar-refractivity contribution in [3.8, 4) is 5.75 Å². The van der Waals surface area contributed by atoms with Crippen molar-refractivity contribution in [3.63, 3.8) is 0 Å². The molecule has 1 N–H and O–H groups in total. The molecule has 0 aliphatic heterocycles. The smallest absolute Gasteiger partial charge is 0.409 e. The first-order valence-corrected chi connectivity index (χ1v) is 8.27. The number of halogens is 2. The number of methoxy groups -OCH3 is 1. The summed E-state index contributed by atoms with van der Waals surface area (Å²) in [7, 11) is 1.23. The van der Waals surface area contributed by atoms with E-state index in [1.807, 2.05) is 0 Å². The summed E-state index contributed by atoms with van der Waals surface area (Å²) in [6.07, 6.45) is 0. The Morgan fingerprint density at radius 2 is 2.00 bits per heavy atom. The second kappa shape index (κ2) is 6.57. The van der Waals surface area contributed by atoms with Gasteiger partial charge in [-0.15, -0.1) is 0 Å². The average Bonchev–Trinajstić information content (AvgIpc) is 2.30. The molecule has 0 amide bonds. The number of ether oxygens (including phenoxy) is 1. The molecule has 5 nitrogen and oxygen atoms in total. The van der Waals surface area contributed by atoms with Crippen LogP contribution in [-0.4, -0.2) is 19.1 Å². The molecule has 100 valence electrons. The fourth-order valence-corrected chi connectivity index (χ4v) is 3.07. The Labute approximate surface area is 118 Å². The van der Waals surface area contributed by atoms with Crippen molar-refractivity contribution in [2.24, 2.45) is 0 Å². The summed E-state index contributed by atoms with van der Waals surface area (Å²) >= 11 is 8.97. The first-order chi connectivity index (χ1) is 8.34. The van der Waals surface area contributed by atoms with Gasteiger partial charge in [-0.05, 0) is 31.2 Å². The summed E-state index contributed by atoms with van der Waals surface area (Å²) in [6.45, 7) is -2.17. The first kappa shape index (κ1) is 15.5. The van der Waals surface area contributed by atoms with Gasteiger partial charge < -0.3 is 9.26 Å². The zero-order chi connectivity index (χ0) is 13.8. The van der Waals surface area contributed by atoms with Crippen LogP contribution in [0.25, 0.3) is 0 Å². The molecule has 0 heterocycles. The molecule has 1 aromatic carbocycles. The highest BCUT2D eigenvalue weighted by Crippen LogP contribution is 2.48. The first-order valence-electron chi connectivity index (χ1n) is 4.94. The molecule has 2 unspecified atom stereocenters. The van der Waals surface area contributed by atoms with Gasteiger partial charge in [0.1, 0.15) is 11.8 Å². The summed E-state index contributed by atoms with van der Waals surface area (Å²) in [5.74, 6) is -0.239. The minimum atomic E-state index is -3.65. The zero-order valence-electron chi connectivity index (χ0n) is 9.72. The molecular weight excluding hydrogens is 344 g/mol. The molecule has 1 aromatic rings. The SMILES string of the molecule is COC(=O)C(C)NP(=O)(Cl)Oc1ccc(Br)cc1. The highest BCUT2D eigenvalue weighted by Gasteiger charge is 2.27. The summed E-state index contributed by atoms with van der Waals surface area (Å²) in [5, 5.41) is 2.38. The van der Waals surface area contributed by atoms with Gasteiger partial charge in [0.2, 0.25) is 0 Å². The monoisotopic (exact) mass is 355 g/mol. The van der Waals surface area contributed by atoms with E-state index in [0.29, 0.717) is 5.75 Å². The lowest BCUT2D eigenvalue weighted by Crippen LogP contribution is -2.32. The topological polar surface area (TPSA) is 64.6 Å². The zero-order valence-corrected chi connectivity index (χ0v) is 13.0. The number of benzene rings is 1. The van der Waals surface area contributed by atoms with Crippen molar-refractivity contribution in [3.05, 3.63) is 28.7 Å². The average molecular weight is 357 g/mol. The van der Waals surface area contributed by atoms with Crippen LogP contribution in [0.1, 0.15) is 6.92 Å². The lowest BCUT2D eigenvalue weighted by molar-refractivity contribution is -0.142. The lowest BCUT2D eigenvalue weighted by Gasteiger charge is -2.17. The summed E-state index contributed by atoms with van der Waals surface area (Å²) in [6, 6.07) is 5.81. The third kappa shape index (κ3) is 4.98. The molecule has 18 heavy (non-hydrogen) atoms. The largest absolute Gasteiger partial charge is 0.468 e. The van der Waals surface area contributed by atoms with Crippen LogP contribution in [0.2, 0.25) is 0 Å². The molecule has 0 bridgehead atoms. The van der Waals surface area contributed by atoms with Crippen LogP contribution in [0.5, 0.6) is 5.75 Å². The predicted molar refractivity (Wildman–Crippen MR) is 72.8 cm³/mol. The number of hydrogen-bond acceptors (Lipinski definition) is 4. The van der Waals surface area contributed by atoms with Crippen molar-refractivity contribution < 1.29 is 18.6 Å². The van der Waals surface area contributed by atoms with E-state index < -0.39 is 18.9 Å². The minimum absolute atomic E-state index is 0.334. The van der Waals surface area contributed by atoms with Crippen LogP contribution >= 0.6 is 34.0 Å². The molecule has 0 radical (unpaired) electrons. The molecule has 8 heteroatoms. The maximum atomic E-state index is 11.9. The number of hydrogen-bond donors (Lipinski definition) is 1. The van der Waals surface area contributed by atoms with Gasteiger partial charge >= 0.3 is 12.8 Å². The van der Waals surface area contributed by atoms with E-state index in [-0.39, 0.29) is 0 Å². The molecule has 1 rings (SSSR count). The van der Waals surface area contributed by atoms with E-state index in [1.54, 1.807) is 24.3 Å². The molecule has 0 aromatic heterocycles. The predicted octanol–water partition coefficient (Wildman–Crippen LogP) is 3.33. The van der Waals surface area contributed by atoms with E-state index in [4.69, 9.17) is 15.8 Å².